The molecule has 23 heavy (non-hydrogen) atoms. The molecule has 2 aromatic heterocycles. The van der Waals surface area contributed by atoms with E-state index in [1.54, 1.807) is 0 Å². The monoisotopic (exact) mass is 377 g/mol. The molecule has 0 aliphatic rings. The van der Waals surface area contributed by atoms with Gasteiger partial charge in [0.25, 0.3) is 0 Å². The number of carbonyl (C=O) groups is 1. The maximum atomic E-state index is 12.9. The largest absolute Gasteiger partial charge is 0.406 e. The highest BCUT2D eigenvalue weighted by molar-refractivity contribution is 7.98. The average molecular weight is 378 g/mol. The van der Waals surface area contributed by atoms with Crippen molar-refractivity contribution in [2.45, 2.75) is 17.6 Å². The van der Waals surface area contributed by atoms with Gasteiger partial charge in [-0.2, -0.15) is 4.98 Å². The molecule has 0 spiro atoms. The van der Waals surface area contributed by atoms with Crippen LogP contribution >= 0.6 is 35.0 Å². The molecule has 0 unspecified atom stereocenters. The van der Waals surface area contributed by atoms with E-state index in [1.165, 1.54) is 18.5 Å². The minimum atomic E-state index is -0.898. The first-order chi connectivity index (χ1) is 11.0. The van der Waals surface area contributed by atoms with E-state index in [1.807, 2.05) is 0 Å². The van der Waals surface area contributed by atoms with Gasteiger partial charge in [0.15, 0.2) is 5.16 Å². The Morgan fingerprint density at radius 2 is 2.00 bits per heavy atom. The number of alkyl halides is 1. The van der Waals surface area contributed by atoms with Gasteiger partial charge >= 0.3 is 5.97 Å². The van der Waals surface area contributed by atoms with Gasteiger partial charge in [-0.05, 0) is 0 Å². The highest BCUT2D eigenvalue weighted by Gasteiger charge is 2.12. The Morgan fingerprint density at radius 3 is 2.61 bits per heavy atom. The molecule has 0 aromatic carbocycles. The fourth-order valence-corrected chi connectivity index (χ4v) is 3.07. The summed E-state index contributed by atoms with van der Waals surface area (Å²) in [6, 6.07) is 1.18. The van der Waals surface area contributed by atoms with Crippen molar-refractivity contribution in [1.29, 1.82) is 0 Å². The molecule has 0 radical (unpaired) electrons. The first-order valence-corrected chi connectivity index (χ1v) is 7.93. The van der Waals surface area contributed by atoms with Gasteiger partial charge in [0, 0.05) is 29.8 Å². The number of hydrogen-bond acceptors (Lipinski definition) is 7. The van der Waals surface area contributed by atoms with Crippen LogP contribution < -0.4 is 4.74 Å². The quantitative estimate of drug-likeness (QED) is 0.470. The van der Waals surface area contributed by atoms with Gasteiger partial charge in [0.1, 0.15) is 13.3 Å². The second kappa shape index (κ2) is 8.39. The van der Waals surface area contributed by atoms with E-state index >= 15 is 0 Å². The normalized spacial score (nSPS) is 10.6. The molecule has 0 aliphatic carbocycles. The van der Waals surface area contributed by atoms with Crippen LogP contribution in [0.1, 0.15) is 11.3 Å². The first kappa shape index (κ1) is 17.9. The van der Waals surface area contributed by atoms with Crippen molar-refractivity contribution in [2.75, 3.05) is 6.61 Å². The molecule has 6 nitrogen and oxygen atoms in total. The van der Waals surface area contributed by atoms with Crippen LogP contribution in [0.3, 0.4) is 0 Å². The number of carbonyl (C=O) groups excluding carboxylic acids is 1. The summed E-state index contributed by atoms with van der Waals surface area (Å²) in [6.07, 6.45) is 2.91. The van der Waals surface area contributed by atoms with E-state index in [4.69, 9.17) is 33.0 Å². The summed E-state index contributed by atoms with van der Waals surface area (Å²) in [5, 5.41) is 9.63. The predicted octanol–water partition coefficient (Wildman–Crippen LogP) is 2.84. The van der Waals surface area contributed by atoms with E-state index in [-0.39, 0.29) is 16.7 Å². The fourth-order valence-electron chi connectivity index (χ4n) is 1.50. The van der Waals surface area contributed by atoms with E-state index in [0.29, 0.717) is 21.4 Å². The number of aliphatic hydroxyl groups excluding tert-OH is 1. The predicted molar refractivity (Wildman–Crippen MR) is 83.4 cm³/mol. The molecule has 0 saturated heterocycles. The third-order valence-electron chi connectivity index (χ3n) is 2.52. The Bertz CT molecular complexity index is 701. The highest BCUT2D eigenvalue weighted by Crippen LogP contribution is 2.30. The minimum absolute atomic E-state index is 0.0511. The molecule has 2 heterocycles. The molecule has 0 saturated carbocycles. The summed E-state index contributed by atoms with van der Waals surface area (Å²) in [5.74, 6) is -0.714. The second-order valence-electron chi connectivity index (χ2n) is 4.12. The Hall–Kier alpha value is -1.48. The topological polar surface area (TPSA) is 85.2 Å². The molecule has 0 amide bonds. The van der Waals surface area contributed by atoms with Crippen molar-refractivity contribution >= 4 is 40.9 Å². The zero-order valence-electron chi connectivity index (χ0n) is 11.5. The van der Waals surface area contributed by atoms with Crippen LogP contribution in [-0.2, 0) is 17.2 Å². The molecule has 0 bridgehead atoms. The minimum Gasteiger partial charge on any atom is -0.406 e. The van der Waals surface area contributed by atoms with Crippen molar-refractivity contribution in [2.24, 2.45) is 0 Å². The van der Waals surface area contributed by atoms with Gasteiger partial charge in [-0.3, -0.25) is 4.98 Å². The highest BCUT2D eigenvalue weighted by atomic mass is 35.5. The fraction of sp³-hybridized carbons (Fsp3) is 0.231. The van der Waals surface area contributed by atoms with Crippen molar-refractivity contribution in [1.82, 2.24) is 15.0 Å². The standard InChI is InChI=1S/C13H10Cl2FN3O3S/c14-9-3-17-4-10(15)8(9)6-23-13-18-7(2-16)1-11(19-13)22-12(21)5-20/h1,3-4,20H,2,5-6H2. The Kier molecular flexibility index (Phi) is 6.52. The number of pyridine rings is 1. The van der Waals surface area contributed by atoms with Crippen LogP contribution in [0, 0.1) is 0 Å². The van der Waals surface area contributed by atoms with Crippen molar-refractivity contribution in [3.63, 3.8) is 0 Å². The lowest BCUT2D eigenvalue weighted by molar-refractivity contribution is -0.137. The van der Waals surface area contributed by atoms with E-state index in [9.17, 15) is 9.18 Å². The van der Waals surface area contributed by atoms with E-state index in [0.717, 1.165) is 11.8 Å². The van der Waals surface area contributed by atoms with Gasteiger partial charge in [-0.1, -0.05) is 35.0 Å². The Labute approximate surface area is 145 Å². The summed E-state index contributed by atoms with van der Waals surface area (Å²) >= 11 is 13.2. The first-order valence-electron chi connectivity index (χ1n) is 6.19. The number of halogens is 3. The maximum absolute atomic E-state index is 12.9. The Morgan fingerprint density at radius 1 is 1.30 bits per heavy atom. The summed E-state index contributed by atoms with van der Waals surface area (Å²) in [4.78, 5) is 22.9. The third-order valence-corrected chi connectivity index (χ3v) is 4.04. The molecule has 2 aromatic rings. The maximum Gasteiger partial charge on any atom is 0.338 e. The summed E-state index contributed by atoms with van der Waals surface area (Å²) < 4.78 is 17.6. The zero-order chi connectivity index (χ0) is 16.8. The van der Waals surface area contributed by atoms with Crippen LogP contribution in [0.2, 0.25) is 10.0 Å². The number of esters is 1. The molecule has 0 fully saturated rings. The summed E-state index contributed by atoms with van der Waals surface area (Å²) in [6.45, 7) is -1.66. The SMILES string of the molecule is O=C(CO)Oc1cc(CF)nc(SCc2c(Cl)cncc2Cl)n1. The Balaban J connectivity index is 2.18. The van der Waals surface area contributed by atoms with Gasteiger partial charge in [0.2, 0.25) is 5.88 Å². The smallest absolute Gasteiger partial charge is 0.338 e. The molecular formula is C13H10Cl2FN3O3S. The van der Waals surface area contributed by atoms with Gasteiger partial charge in [-0.25, -0.2) is 14.2 Å². The van der Waals surface area contributed by atoms with Crippen LogP contribution in [0.15, 0.2) is 23.6 Å². The summed E-state index contributed by atoms with van der Waals surface area (Å²) in [7, 11) is 0. The molecule has 2 rings (SSSR count). The van der Waals surface area contributed by atoms with Gasteiger partial charge in [0.05, 0.1) is 15.7 Å². The molecule has 0 atom stereocenters. The van der Waals surface area contributed by atoms with Crippen LogP contribution in [0.25, 0.3) is 0 Å². The summed E-state index contributed by atoms with van der Waals surface area (Å²) in [5.41, 5.74) is 0.687. The van der Waals surface area contributed by atoms with Crippen molar-refractivity contribution in [3.8, 4) is 5.88 Å². The number of thioether (sulfide) groups is 1. The number of aromatic nitrogens is 3. The molecular weight excluding hydrogens is 368 g/mol. The molecule has 10 heteroatoms. The third kappa shape index (κ3) is 5.00. The van der Waals surface area contributed by atoms with Crippen molar-refractivity contribution in [3.05, 3.63) is 39.8 Å². The lowest BCUT2D eigenvalue weighted by Crippen LogP contribution is -2.13. The van der Waals surface area contributed by atoms with Crippen LogP contribution in [0.4, 0.5) is 4.39 Å². The average Bonchev–Trinajstić information content (AvgIpc) is 2.54. The number of aliphatic hydroxyl groups is 1. The van der Waals surface area contributed by atoms with E-state index in [2.05, 4.69) is 15.0 Å². The van der Waals surface area contributed by atoms with Crippen LogP contribution in [0.5, 0.6) is 5.88 Å². The van der Waals surface area contributed by atoms with Gasteiger partial charge in [-0.15, -0.1) is 0 Å². The van der Waals surface area contributed by atoms with Crippen molar-refractivity contribution < 1.29 is 19.0 Å². The second-order valence-corrected chi connectivity index (χ2v) is 5.87. The lowest BCUT2D eigenvalue weighted by atomic mass is 10.3. The lowest BCUT2D eigenvalue weighted by Gasteiger charge is -2.08. The molecule has 1 N–H and O–H groups in total. The number of nitrogens with zero attached hydrogens (tertiary/aromatic N) is 3. The number of hydrogen-bond donors (Lipinski definition) is 1. The van der Waals surface area contributed by atoms with Crippen LogP contribution in [-0.4, -0.2) is 32.6 Å². The number of rotatable bonds is 6. The molecule has 122 valence electrons. The van der Waals surface area contributed by atoms with E-state index < -0.39 is 19.3 Å². The number of ether oxygens (including phenoxy) is 1. The zero-order valence-corrected chi connectivity index (χ0v) is 13.8. The van der Waals surface area contributed by atoms with Gasteiger partial charge < -0.3 is 9.84 Å². The molecule has 0 aliphatic heterocycles.